The molecule has 1 atom stereocenters. The van der Waals surface area contributed by atoms with Gasteiger partial charge >= 0.3 is 18.4 Å². The molecule has 0 fully saturated rings. The number of anilines is 1. The Kier molecular flexibility index (Phi) is 12.0. The minimum absolute atomic E-state index is 0.0795. The molecule has 35 heavy (non-hydrogen) atoms. The zero-order valence-electron chi connectivity index (χ0n) is 20.7. The first-order chi connectivity index (χ1) is 15.8. The van der Waals surface area contributed by atoms with E-state index in [1.807, 2.05) is 0 Å². The normalized spacial score (nSPS) is 12.3. The number of methoxy groups -OCH3 is 1. The van der Waals surface area contributed by atoms with Crippen molar-refractivity contribution in [2.45, 2.75) is 71.9 Å². The Hall–Kier alpha value is -3.10. The lowest BCUT2D eigenvalue weighted by atomic mass is 10.2. The van der Waals surface area contributed by atoms with Crippen molar-refractivity contribution < 1.29 is 46.6 Å². The Balaban J connectivity index is 0.00000267. The molecule has 0 aliphatic rings. The van der Waals surface area contributed by atoms with E-state index < -0.39 is 57.2 Å². The van der Waals surface area contributed by atoms with Gasteiger partial charge in [-0.25, -0.2) is 14.6 Å². The van der Waals surface area contributed by atoms with Crippen molar-refractivity contribution in [1.29, 1.82) is 0 Å². The quantitative estimate of drug-likeness (QED) is 0.372. The standard InChI is InChI=1S/C18H27F3N4O5S.C2H4O2/c1-9(8-22-14(27)29-16(2,3)4)23-12(26)10-11(18(19,20)21)24-13(31-10)25-15(28)30-17(5,6)7;1-4-2-3/h9H,8H2,1-7H3,(H,22,27)(H,23,26)(H,24,25,28);2H,1H3. The Labute approximate surface area is 205 Å². The van der Waals surface area contributed by atoms with Gasteiger partial charge in [0.1, 0.15) is 16.1 Å². The van der Waals surface area contributed by atoms with Crippen molar-refractivity contribution in [3.8, 4) is 0 Å². The molecular weight excluding hydrogens is 497 g/mol. The molecule has 0 spiro atoms. The first-order valence-corrected chi connectivity index (χ1v) is 10.9. The van der Waals surface area contributed by atoms with E-state index in [1.54, 1.807) is 41.5 Å². The highest BCUT2D eigenvalue weighted by Gasteiger charge is 2.40. The molecule has 0 radical (unpaired) electrons. The molecule has 0 aromatic carbocycles. The zero-order chi connectivity index (χ0) is 27.6. The summed E-state index contributed by atoms with van der Waals surface area (Å²) in [7, 11) is 1.31. The number of aromatic nitrogens is 1. The number of carbonyl (C=O) groups excluding carboxylic acids is 4. The van der Waals surface area contributed by atoms with Crippen molar-refractivity contribution in [2.24, 2.45) is 0 Å². The fourth-order valence-corrected chi connectivity index (χ4v) is 2.88. The van der Waals surface area contributed by atoms with Gasteiger partial charge in [0, 0.05) is 12.6 Å². The number of carbonyl (C=O) groups is 4. The maximum atomic E-state index is 13.3. The Morgan fingerprint density at radius 1 is 1.03 bits per heavy atom. The van der Waals surface area contributed by atoms with E-state index in [0.29, 0.717) is 17.8 Å². The molecule has 15 heteroatoms. The Morgan fingerprint density at radius 2 is 1.51 bits per heavy atom. The SMILES string of the molecule is CC(CNC(=O)OC(C)(C)C)NC(=O)c1sc(NC(=O)OC(C)(C)C)nc1C(F)(F)F.COC=O. The van der Waals surface area contributed by atoms with Gasteiger partial charge in [-0.3, -0.25) is 14.9 Å². The third kappa shape index (κ3) is 14.0. The van der Waals surface area contributed by atoms with Gasteiger partial charge in [0.25, 0.3) is 12.4 Å². The number of nitrogens with zero attached hydrogens (tertiary/aromatic N) is 1. The van der Waals surface area contributed by atoms with Crippen molar-refractivity contribution >= 4 is 41.0 Å². The summed E-state index contributed by atoms with van der Waals surface area (Å²) in [6.45, 7) is 11.5. The lowest BCUT2D eigenvalue weighted by Crippen LogP contribution is -2.43. The smallest absolute Gasteiger partial charge is 0.435 e. The molecule has 1 aromatic heterocycles. The van der Waals surface area contributed by atoms with Crippen LogP contribution in [0.2, 0.25) is 0 Å². The monoisotopic (exact) mass is 528 g/mol. The van der Waals surface area contributed by atoms with Gasteiger partial charge in [-0.15, -0.1) is 0 Å². The molecule has 3 amide bonds. The van der Waals surface area contributed by atoms with Crippen LogP contribution in [0.5, 0.6) is 0 Å². The number of alkyl halides is 3. The van der Waals surface area contributed by atoms with E-state index in [1.165, 1.54) is 14.0 Å². The molecule has 200 valence electrons. The van der Waals surface area contributed by atoms with E-state index in [4.69, 9.17) is 14.3 Å². The molecule has 0 bridgehead atoms. The lowest BCUT2D eigenvalue weighted by molar-refractivity contribution is -0.141. The molecule has 11 nitrogen and oxygen atoms in total. The number of amides is 3. The largest absolute Gasteiger partial charge is 0.471 e. The molecular formula is C20H31F3N4O7S. The number of halogens is 3. The summed E-state index contributed by atoms with van der Waals surface area (Å²) in [5.41, 5.74) is -3.03. The molecule has 0 aliphatic heterocycles. The molecule has 3 N–H and O–H groups in total. The highest BCUT2D eigenvalue weighted by Crippen LogP contribution is 2.36. The molecule has 1 unspecified atom stereocenters. The van der Waals surface area contributed by atoms with Gasteiger partial charge in [0.15, 0.2) is 10.8 Å². The van der Waals surface area contributed by atoms with Crippen LogP contribution in [0.3, 0.4) is 0 Å². The summed E-state index contributed by atoms with van der Waals surface area (Å²) in [6, 6.07) is -0.717. The predicted molar refractivity (Wildman–Crippen MR) is 121 cm³/mol. The van der Waals surface area contributed by atoms with Crippen LogP contribution in [0.1, 0.15) is 63.8 Å². The fraction of sp³-hybridized carbons (Fsp3) is 0.650. The van der Waals surface area contributed by atoms with Gasteiger partial charge in [0.2, 0.25) is 0 Å². The number of hydrogen-bond donors (Lipinski definition) is 3. The number of rotatable bonds is 6. The number of nitrogens with one attached hydrogen (secondary N) is 3. The third-order valence-electron chi connectivity index (χ3n) is 3.13. The van der Waals surface area contributed by atoms with Gasteiger partial charge in [-0.05, 0) is 48.5 Å². The number of hydrogen-bond acceptors (Lipinski definition) is 9. The fourth-order valence-electron chi connectivity index (χ4n) is 2.00. The van der Waals surface area contributed by atoms with E-state index in [2.05, 4.69) is 25.7 Å². The van der Waals surface area contributed by atoms with Crippen LogP contribution in [-0.4, -0.2) is 60.4 Å². The summed E-state index contributed by atoms with van der Waals surface area (Å²) in [5.74, 6) is -1.06. The number of ether oxygens (including phenoxy) is 3. The highest BCUT2D eigenvalue weighted by molar-refractivity contribution is 7.17. The molecule has 0 aliphatic carbocycles. The van der Waals surface area contributed by atoms with Crippen LogP contribution in [-0.2, 0) is 25.2 Å². The zero-order valence-corrected chi connectivity index (χ0v) is 21.5. The van der Waals surface area contributed by atoms with Crippen LogP contribution in [0.25, 0.3) is 0 Å². The van der Waals surface area contributed by atoms with Gasteiger partial charge in [0.05, 0.1) is 7.11 Å². The van der Waals surface area contributed by atoms with Crippen molar-refractivity contribution in [2.75, 3.05) is 19.0 Å². The van der Waals surface area contributed by atoms with Crippen LogP contribution in [0, 0.1) is 0 Å². The van der Waals surface area contributed by atoms with Gasteiger partial charge in [-0.2, -0.15) is 13.2 Å². The predicted octanol–water partition coefficient (Wildman–Crippen LogP) is 3.94. The summed E-state index contributed by atoms with van der Waals surface area (Å²) < 4.78 is 53.9. The van der Waals surface area contributed by atoms with Crippen molar-refractivity contribution in [1.82, 2.24) is 15.6 Å². The molecule has 1 rings (SSSR count). The summed E-state index contributed by atoms with van der Waals surface area (Å²) in [4.78, 5) is 47.4. The summed E-state index contributed by atoms with van der Waals surface area (Å²) in [5, 5.41) is 6.41. The average Bonchev–Trinajstić information content (AvgIpc) is 3.08. The number of alkyl carbamates (subject to hydrolysis) is 1. The van der Waals surface area contributed by atoms with Crippen LogP contribution < -0.4 is 16.0 Å². The highest BCUT2D eigenvalue weighted by atomic mass is 32.1. The van der Waals surface area contributed by atoms with Crippen LogP contribution in [0.15, 0.2) is 0 Å². The Bertz CT molecular complexity index is 878. The minimum atomic E-state index is -4.92. The molecule has 0 saturated carbocycles. The second kappa shape index (κ2) is 13.1. The van der Waals surface area contributed by atoms with Gasteiger partial charge in [-0.1, -0.05) is 11.3 Å². The van der Waals surface area contributed by atoms with E-state index >= 15 is 0 Å². The Morgan fingerprint density at radius 3 is 1.94 bits per heavy atom. The minimum Gasteiger partial charge on any atom is -0.471 e. The third-order valence-corrected chi connectivity index (χ3v) is 4.10. The number of thiazole rings is 1. The molecule has 1 heterocycles. The lowest BCUT2D eigenvalue weighted by Gasteiger charge is -2.21. The van der Waals surface area contributed by atoms with E-state index in [9.17, 15) is 27.6 Å². The van der Waals surface area contributed by atoms with Crippen molar-refractivity contribution in [3.63, 3.8) is 0 Å². The van der Waals surface area contributed by atoms with E-state index in [-0.39, 0.29) is 6.54 Å². The maximum Gasteiger partial charge on any atom is 0.435 e. The summed E-state index contributed by atoms with van der Waals surface area (Å²) >= 11 is 0.356. The molecule has 1 aromatic rings. The molecule has 0 saturated heterocycles. The second-order valence-electron chi connectivity index (χ2n) is 8.91. The second-order valence-corrected chi connectivity index (χ2v) is 9.91. The topological polar surface area (TPSA) is 145 Å². The first kappa shape index (κ1) is 31.9. The van der Waals surface area contributed by atoms with Gasteiger partial charge < -0.3 is 24.8 Å². The van der Waals surface area contributed by atoms with E-state index in [0.717, 1.165) is 0 Å². The van der Waals surface area contributed by atoms with Crippen LogP contribution in [0.4, 0.5) is 27.9 Å². The van der Waals surface area contributed by atoms with Crippen LogP contribution >= 0.6 is 11.3 Å². The summed E-state index contributed by atoms with van der Waals surface area (Å²) in [6.07, 6.45) is -6.65. The maximum absolute atomic E-state index is 13.3. The first-order valence-electron chi connectivity index (χ1n) is 10.1. The average molecular weight is 529 g/mol. The van der Waals surface area contributed by atoms with Crippen molar-refractivity contribution in [3.05, 3.63) is 10.6 Å².